The molecule has 2 rings (SSSR count). The lowest BCUT2D eigenvalue weighted by atomic mass is 9.86. The number of nitrogens with zero attached hydrogens (tertiary/aromatic N) is 1. The summed E-state index contributed by atoms with van der Waals surface area (Å²) in [5.41, 5.74) is 2.89. The molecule has 0 saturated heterocycles. The van der Waals surface area contributed by atoms with Crippen molar-refractivity contribution in [3.63, 3.8) is 0 Å². The van der Waals surface area contributed by atoms with Crippen molar-refractivity contribution in [2.24, 2.45) is 0 Å². The number of hydrogen-bond donors (Lipinski definition) is 0. The molecule has 1 aliphatic carbocycles. The van der Waals surface area contributed by atoms with E-state index in [-0.39, 0.29) is 17.6 Å². The van der Waals surface area contributed by atoms with Crippen molar-refractivity contribution in [3.8, 4) is 0 Å². The van der Waals surface area contributed by atoms with E-state index in [1.807, 2.05) is 6.07 Å². The van der Waals surface area contributed by atoms with E-state index < -0.39 is 4.92 Å². The van der Waals surface area contributed by atoms with Gasteiger partial charge in [-0.3, -0.25) is 14.9 Å². The Balaban J connectivity index is 2.22. The van der Waals surface area contributed by atoms with Gasteiger partial charge in [0, 0.05) is 18.7 Å². The Morgan fingerprint density at radius 3 is 2.77 bits per heavy atom. The lowest BCUT2D eigenvalue weighted by molar-refractivity contribution is -0.418. The van der Waals surface area contributed by atoms with Crippen LogP contribution in [0.15, 0.2) is 49.2 Å². The third-order valence-electron chi connectivity index (χ3n) is 3.71. The zero-order valence-corrected chi connectivity index (χ0v) is 12.4. The zero-order chi connectivity index (χ0) is 16.3. The summed E-state index contributed by atoms with van der Waals surface area (Å²) < 4.78 is 5.17. The predicted octanol–water partition coefficient (Wildman–Crippen LogP) is 3.19. The number of fused-ring (bicyclic) bond motifs is 1. The van der Waals surface area contributed by atoms with Crippen LogP contribution in [0.2, 0.25) is 0 Å². The van der Waals surface area contributed by atoms with E-state index in [4.69, 9.17) is 4.74 Å². The highest BCUT2D eigenvalue weighted by atomic mass is 16.6. The largest absolute Gasteiger partial charge is 0.373 e. The molecule has 22 heavy (non-hydrogen) atoms. The number of allylic oxidation sites excluding steroid dienone is 3. The van der Waals surface area contributed by atoms with Gasteiger partial charge in [0.2, 0.25) is 0 Å². The molecule has 0 heterocycles. The molecular formula is C17H17NO4. The molecule has 1 aromatic carbocycles. The summed E-state index contributed by atoms with van der Waals surface area (Å²) in [6, 6.07) is 5.45. The number of ketones is 1. The van der Waals surface area contributed by atoms with E-state index in [2.05, 4.69) is 13.2 Å². The monoisotopic (exact) mass is 299 g/mol. The van der Waals surface area contributed by atoms with Gasteiger partial charge in [-0.15, -0.1) is 0 Å². The molecule has 0 aromatic heterocycles. The summed E-state index contributed by atoms with van der Waals surface area (Å²) >= 11 is 0. The summed E-state index contributed by atoms with van der Waals surface area (Å²) in [6.45, 7) is 7.23. The van der Waals surface area contributed by atoms with Gasteiger partial charge >= 0.3 is 0 Å². The molecule has 0 radical (unpaired) electrons. The van der Waals surface area contributed by atoms with Gasteiger partial charge in [0.25, 0.3) is 5.70 Å². The van der Waals surface area contributed by atoms with Crippen LogP contribution in [0.1, 0.15) is 27.9 Å². The highest BCUT2D eigenvalue weighted by molar-refractivity contribution is 6.02. The Labute approximate surface area is 128 Å². The molecule has 1 aliphatic rings. The number of carbonyl (C=O) groups excluding carboxylic acids is 1. The van der Waals surface area contributed by atoms with Crippen molar-refractivity contribution in [1.82, 2.24) is 0 Å². The number of benzene rings is 1. The van der Waals surface area contributed by atoms with Gasteiger partial charge in [0.05, 0.1) is 4.92 Å². The van der Waals surface area contributed by atoms with Crippen molar-refractivity contribution in [3.05, 3.63) is 76.0 Å². The normalized spacial score (nSPS) is 17.3. The Morgan fingerprint density at radius 2 is 2.14 bits per heavy atom. The molecule has 0 N–H and O–H groups in total. The number of nitro groups is 1. The second kappa shape index (κ2) is 6.49. The molecule has 0 saturated carbocycles. The second-order valence-electron chi connectivity index (χ2n) is 5.11. The summed E-state index contributed by atoms with van der Waals surface area (Å²) in [7, 11) is 1.54. The fraction of sp³-hybridized carbons (Fsp3) is 0.235. The first kappa shape index (κ1) is 15.9. The number of Topliss-reactive ketones (excluding diaryl/α,β-unsaturated/α-hetero) is 1. The molecule has 1 aromatic rings. The van der Waals surface area contributed by atoms with Gasteiger partial charge in [-0.25, -0.2) is 0 Å². The summed E-state index contributed by atoms with van der Waals surface area (Å²) in [4.78, 5) is 22.1. The first-order valence-corrected chi connectivity index (χ1v) is 6.84. The number of aryl methyl sites for hydroxylation is 1. The maximum absolute atomic E-state index is 12.2. The van der Waals surface area contributed by atoms with Crippen LogP contribution in [0.5, 0.6) is 0 Å². The van der Waals surface area contributed by atoms with Crippen LogP contribution in [-0.2, 0) is 11.2 Å². The topological polar surface area (TPSA) is 69.4 Å². The Bertz CT molecular complexity index is 688. The van der Waals surface area contributed by atoms with Gasteiger partial charge in [-0.1, -0.05) is 24.8 Å². The lowest BCUT2D eigenvalue weighted by Crippen LogP contribution is -2.29. The number of carbonyl (C=O) groups is 1. The van der Waals surface area contributed by atoms with Gasteiger partial charge in [-0.2, -0.15) is 0 Å². The van der Waals surface area contributed by atoms with E-state index >= 15 is 0 Å². The zero-order valence-electron chi connectivity index (χ0n) is 12.4. The third-order valence-corrected chi connectivity index (χ3v) is 3.71. The van der Waals surface area contributed by atoms with Gasteiger partial charge in [0.1, 0.15) is 6.10 Å². The van der Waals surface area contributed by atoms with Gasteiger partial charge in [-0.05, 0) is 42.2 Å². The van der Waals surface area contributed by atoms with E-state index in [1.165, 1.54) is 13.2 Å². The Morgan fingerprint density at radius 1 is 1.41 bits per heavy atom. The quantitative estimate of drug-likeness (QED) is 0.475. The molecule has 5 heteroatoms. The Kier molecular flexibility index (Phi) is 4.68. The average Bonchev–Trinajstić information content (AvgIpc) is 2.52. The number of hydrogen-bond acceptors (Lipinski definition) is 4. The minimum absolute atomic E-state index is 0.00168. The van der Waals surface area contributed by atoms with Crippen LogP contribution < -0.4 is 0 Å². The van der Waals surface area contributed by atoms with Crippen LogP contribution >= 0.6 is 0 Å². The second-order valence-corrected chi connectivity index (χ2v) is 5.11. The maximum Gasteiger partial charge on any atom is 0.262 e. The molecule has 0 fully saturated rings. The van der Waals surface area contributed by atoms with Gasteiger partial charge in [0.15, 0.2) is 5.78 Å². The molecule has 1 unspecified atom stereocenters. The highest BCUT2D eigenvalue weighted by Crippen LogP contribution is 2.26. The van der Waals surface area contributed by atoms with Crippen molar-refractivity contribution < 1.29 is 14.5 Å². The summed E-state index contributed by atoms with van der Waals surface area (Å²) in [5, 5.41) is 10.5. The van der Waals surface area contributed by atoms with Crippen LogP contribution in [0, 0.1) is 10.1 Å². The van der Waals surface area contributed by atoms with Crippen LogP contribution in [0.4, 0.5) is 0 Å². The van der Waals surface area contributed by atoms with Crippen molar-refractivity contribution in [2.75, 3.05) is 7.11 Å². The molecule has 114 valence electrons. The van der Waals surface area contributed by atoms with E-state index in [0.717, 1.165) is 17.5 Å². The number of ether oxygens (including phenoxy) is 1. The first-order chi connectivity index (χ1) is 10.4. The van der Waals surface area contributed by atoms with E-state index in [0.29, 0.717) is 17.6 Å². The van der Waals surface area contributed by atoms with Gasteiger partial charge < -0.3 is 4.74 Å². The lowest BCUT2D eigenvalue weighted by Gasteiger charge is -2.22. The van der Waals surface area contributed by atoms with Crippen LogP contribution in [0.25, 0.3) is 5.57 Å². The highest BCUT2D eigenvalue weighted by Gasteiger charge is 2.27. The summed E-state index contributed by atoms with van der Waals surface area (Å²) in [5.74, 6) is -0.00168. The predicted molar refractivity (Wildman–Crippen MR) is 84.2 cm³/mol. The molecule has 1 atom stereocenters. The number of methoxy groups -OCH3 is 1. The molecule has 0 amide bonds. The first-order valence-electron chi connectivity index (χ1n) is 6.84. The number of rotatable bonds is 5. The average molecular weight is 299 g/mol. The van der Waals surface area contributed by atoms with Crippen LogP contribution in [0.3, 0.4) is 0 Å². The maximum atomic E-state index is 12.2. The standard InChI is InChI=1S/C17H17NO4/c1-11(4-5-12(2)18(20)21)13-6-8-15-14(10-13)7-9-16(22-3)17(15)19/h4-6,8,10,16H,1-2,7,9H2,3H3/b5-4-. The smallest absolute Gasteiger partial charge is 0.262 e. The van der Waals surface area contributed by atoms with Crippen molar-refractivity contribution in [2.45, 2.75) is 18.9 Å². The minimum atomic E-state index is -0.555. The molecule has 0 aliphatic heterocycles. The molecule has 0 spiro atoms. The third kappa shape index (κ3) is 3.20. The van der Waals surface area contributed by atoms with E-state index in [1.54, 1.807) is 18.2 Å². The van der Waals surface area contributed by atoms with Crippen LogP contribution in [-0.4, -0.2) is 23.9 Å². The fourth-order valence-corrected chi connectivity index (χ4v) is 2.41. The van der Waals surface area contributed by atoms with Crippen molar-refractivity contribution in [1.29, 1.82) is 0 Å². The Hall–Kier alpha value is -2.53. The minimum Gasteiger partial charge on any atom is -0.373 e. The summed E-state index contributed by atoms with van der Waals surface area (Å²) in [6.07, 6.45) is 3.91. The SMILES string of the molecule is C=C(/C=C\C(=C)[N+](=O)[O-])c1ccc2c(c1)CCC(OC)C2=O. The molecule has 0 bridgehead atoms. The fourth-order valence-electron chi connectivity index (χ4n) is 2.41. The molecular weight excluding hydrogens is 282 g/mol. The van der Waals surface area contributed by atoms with E-state index in [9.17, 15) is 14.9 Å². The van der Waals surface area contributed by atoms with Crippen molar-refractivity contribution >= 4 is 11.4 Å². The molecule has 5 nitrogen and oxygen atoms in total.